The van der Waals surface area contributed by atoms with Gasteiger partial charge in [0.05, 0.1) is 19.9 Å². The van der Waals surface area contributed by atoms with Crippen LogP contribution in [0.5, 0.6) is 11.5 Å². The van der Waals surface area contributed by atoms with Crippen LogP contribution >= 0.6 is 11.3 Å². The molecule has 0 aliphatic rings. The maximum Gasteiger partial charge on any atom is 0.263 e. The molecule has 1 heterocycles. The van der Waals surface area contributed by atoms with Crippen molar-refractivity contribution in [2.24, 2.45) is 0 Å². The third-order valence-corrected chi connectivity index (χ3v) is 3.94. The molecule has 7 heteroatoms. The Balaban J connectivity index is 2.09. The fourth-order valence-electron chi connectivity index (χ4n) is 1.88. The Morgan fingerprint density at radius 3 is 2.71 bits per heavy atom. The van der Waals surface area contributed by atoms with Crippen LogP contribution in [-0.4, -0.2) is 25.1 Å². The summed E-state index contributed by atoms with van der Waals surface area (Å²) >= 11 is 1.18. The van der Waals surface area contributed by atoms with Gasteiger partial charge in [-0.3, -0.25) is 4.79 Å². The number of carbonyl (C=O) groups is 1. The number of ether oxygens (including phenoxy) is 2. The summed E-state index contributed by atoms with van der Waals surface area (Å²) in [7, 11) is 3.17. The van der Waals surface area contributed by atoms with Gasteiger partial charge in [-0.05, 0) is 19.1 Å². The molecule has 2 aromatic rings. The molecule has 21 heavy (non-hydrogen) atoms. The third-order valence-electron chi connectivity index (χ3n) is 2.95. The first-order valence-corrected chi connectivity index (χ1v) is 7.08. The first-order valence-electron chi connectivity index (χ1n) is 6.27. The number of nitrogens with one attached hydrogen (secondary N) is 1. The monoisotopic (exact) mass is 307 g/mol. The summed E-state index contributed by atoms with van der Waals surface area (Å²) in [5, 5.41) is 3.23. The third kappa shape index (κ3) is 3.43. The molecular weight excluding hydrogens is 290 g/mol. The maximum absolute atomic E-state index is 12.1. The van der Waals surface area contributed by atoms with Crippen molar-refractivity contribution >= 4 is 22.4 Å². The van der Waals surface area contributed by atoms with Gasteiger partial charge in [-0.2, -0.15) is 0 Å². The first kappa shape index (κ1) is 15.1. The van der Waals surface area contributed by atoms with E-state index in [1.807, 2.05) is 12.1 Å². The highest BCUT2D eigenvalue weighted by Gasteiger charge is 2.14. The second-order valence-corrected chi connectivity index (χ2v) is 5.36. The zero-order valence-electron chi connectivity index (χ0n) is 12.1. The van der Waals surface area contributed by atoms with Crippen molar-refractivity contribution in [3.05, 3.63) is 34.3 Å². The quantitative estimate of drug-likeness (QED) is 0.882. The van der Waals surface area contributed by atoms with E-state index in [9.17, 15) is 4.79 Å². The number of amides is 1. The van der Waals surface area contributed by atoms with Crippen molar-refractivity contribution < 1.29 is 14.3 Å². The molecule has 0 atom stereocenters. The highest BCUT2D eigenvalue weighted by atomic mass is 32.1. The lowest BCUT2D eigenvalue weighted by Crippen LogP contribution is -2.22. The molecule has 1 amide bonds. The van der Waals surface area contributed by atoms with E-state index in [-0.39, 0.29) is 5.91 Å². The van der Waals surface area contributed by atoms with Crippen molar-refractivity contribution in [3.8, 4) is 11.5 Å². The van der Waals surface area contributed by atoms with Crippen LogP contribution in [0, 0.1) is 6.92 Å². The van der Waals surface area contributed by atoms with Crippen molar-refractivity contribution in [3.63, 3.8) is 0 Å². The lowest BCUT2D eigenvalue weighted by atomic mass is 10.2. The summed E-state index contributed by atoms with van der Waals surface area (Å²) in [6, 6.07) is 5.45. The first-order chi connectivity index (χ1) is 10.0. The molecule has 6 nitrogen and oxygen atoms in total. The molecule has 2 rings (SSSR count). The van der Waals surface area contributed by atoms with E-state index in [2.05, 4.69) is 10.3 Å². The number of aryl methyl sites for hydroxylation is 1. The van der Waals surface area contributed by atoms with E-state index in [0.29, 0.717) is 33.7 Å². The van der Waals surface area contributed by atoms with Crippen LogP contribution in [0.1, 0.15) is 20.9 Å². The molecule has 0 saturated carbocycles. The number of rotatable bonds is 5. The normalized spacial score (nSPS) is 10.2. The minimum absolute atomic E-state index is 0.195. The number of aromatic nitrogens is 1. The fourth-order valence-corrected chi connectivity index (χ4v) is 2.63. The van der Waals surface area contributed by atoms with Crippen LogP contribution in [0.4, 0.5) is 5.13 Å². The Morgan fingerprint density at radius 1 is 1.38 bits per heavy atom. The number of nitrogen functional groups attached to an aromatic ring is 1. The van der Waals surface area contributed by atoms with Gasteiger partial charge in [0.1, 0.15) is 16.4 Å². The predicted molar refractivity (Wildman–Crippen MR) is 82.0 cm³/mol. The number of carbonyl (C=O) groups excluding carboxylic acids is 1. The average Bonchev–Trinajstić information content (AvgIpc) is 2.83. The van der Waals surface area contributed by atoms with Crippen LogP contribution in [-0.2, 0) is 6.54 Å². The molecular formula is C14H17N3O3S. The van der Waals surface area contributed by atoms with Gasteiger partial charge in [0.25, 0.3) is 5.91 Å². The lowest BCUT2D eigenvalue weighted by Gasteiger charge is -2.11. The summed E-state index contributed by atoms with van der Waals surface area (Å²) in [6.45, 7) is 2.11. The predicted octanol–water partition coefficient (Wildman–Crippen LogP) is 1.98. The molecule has 0 unspecified atom stereocenters. The van der Waals surface area contributed by atoms with E-state index in [0.717, 1.165) is 5.56 Å². The number of nitrogens with zero attached hydrogens (tertiary/aromatic N) is 1. The largest absolute Gasteiger partial charge is 0.497 e. The molecule has 0 aliphatic carbocycles. The number of benzene rings is 1. The molecule has 1 aromatic heterocycles. The Kier molecular flexibility index (Phi) is 4.64. The van der Waals surface area contributed by atoms with Gasteiger partial charge in [-0.1, -0.05) is 11.3 Å². The molecule has 0 aliphatic heterocycles. The van der Waals surface area contributed by atoms with Crippen molar-refractivity contribution in [1.29, 1.82) is 0 Å². The van der Waals surface area contributed by atoms with Crippen molar-refractivity contribution in [1.82, 2.24) is 10.3 Å². The maximum atomic E-state index is 12.1. The summed E-state index contributed by atoms with van der Waals surface area (Å²) in [6.07, 6.45) is 0. The Morgan fingerprint density at radius 2 is 2.14 bits per heavy atom. The molecule has 0 bridgehead atoms. The number of thiazole rings is 1. The molecule has 1 aromatic carbocycles. The minimum Gasteiger partial charge on any atom is -0.497 e. The van der Waals surface area contributed by atoms with Gasteiger partial charge >= 0.3 is 0 Å². The van der Waals surface area contributed by atoms with Gasteiger partial charge in [0, 0.05) is 18.2 Å². The Labute approximate surface area is 126 Å². The van der Waals surface area contributed by atoms with E-state index in [4.69, 9.17) is 15.2 Å². The molecule has 0 saturated heterocycles. The van der Waals surface area contributed by atoms with Gasteiger partial charge in [-0.25, -0.2) is 4.98 Å². The highest BCUT2D eigenvalue weighted by molar-refractivity contribution is 7.17. The lowest BCUT2D eigenvalue weighted by molar-refractivity contribution is 0.0954. The number of hydrogen-bond donors (Lipinski definition) is 2. The van der Waals surface area contributed by atoms with E-state index in [1.54, 1.807) is 27.2 Å². The summed E-state index contributed by atoms with van der Waals surface area (Å²) in [4.78, 5) is 16.7. The van der Waals surface area contributed by atoms with Crippen LogP contribution in [0.3, 0.4) is 0 Å². The average molecular weight is 307 g/mol. The van der Waals surface area contributed by atoms with Crippen molar-refractivity contribution in [2.45, 2.75) is 13.5 Å². The summed E-state index contributed by atoms with van der Waals surface area (Å²) in [5.41, 5.74) is 7.09. The SMILES string of the molecule is COc1ccc(CNC(=O)c2sc(N)nc2C)c(OC)c1. The molecule has 0 spiro atoms. The zero-order valence-corrected chi connectivity index (χ0v) is 12.9. The Bertz CT molecular complexity index is 655. The van der Waals surface area contributed by atoms with Crippen LogP contribution in [0.25, 0.3) is 0 Å². The second kappa shape index (κ2) is 6.45. The van der Waals surface area contributed by atoms with Crippen molar-refractivity contribution in [2.75, 3.05) is 20.0 Å². The van der Waals surface area contributed by atoms with E-state index >= 15 is 0 Å². The van der Waals surface area contributed by atoms with Gasteiger partial charge in [0.2, 0.25) is 0 Å². The topological polar surface area (TPSA) is 86.5 Å². The second-order valence-electron chi connectivity index (χ2n) is 4.33. The molecule has 0 radical (unpaired) electrons. The van der Waals surface area contributed by atoms with E-state index < -0.39 is 0 Å². The highest BCUT2D eigenvalue weighted by Crippen LogP contribution is 2.25. The van der Waals surface area contributed by atoms with Gasteiger partial charge < -0.3 is 20.5 Å². The van der Waals surface area contributed by atoms with Gasteiger partial charge in [0.15, 0.2) is 5.13 Å². The number of methoxy groups -OCH3 is 2. The summed E-state index contributed by atoms with van der Waals surface area (Å²) in [5.74, 6) is 1.17. The fraction of sp³-hybridized carbons (Fsp3) is 0.286. The summed E-state index contributed by atoms with van der Waals surface area (Å²) < 4.78 is 10.4. The van der Waals surface area contributed by atoms with Crippen LogP contribution in [0.2, 0.25) is 0 Å². The molecule has 3 N–H and O–H groups in total. The van der Waals surface area contributed by atoms with Crippen LogP contribution in [0.15, 0.2) is 18.2 Å². The number of nitrogens with two attached hydrogens (primary N) is 1. The number of hydrogen-bond acceptors (Lipinski definition) is 6. The molecule has 0 fully saturated rings. The number of anilines is 1. The molecule has 112 valence electrons. The van der Waals surface area contributed by atoms with Gasteiger partial charge in [-0.15, -0.1) is 0 Å². The van der Waals surface area contributed by atoms with Crippen LogP contribution < -0.4 is 20.5 Å². The standard InChI is InChI=1S/C14H17N3O3S/c1-8-12(21-14(15)17-8)13(18)16-7-9-4-5-10(19-2)6-11(9)20-3/h4-6H,7H2,1-3H3,(H2,15,17)(H,16,18). The Hall–Kier alpha value is -2.28. The zero-order chi connectivity index (χ0) is 15.4. The minimum atomic E-state index is -0.195. The van der Waals surface area contributed by atoms with E-state index in [1.165, 1.54) is 11.3 Å². The smallest absolute Gasteiger partial charge is 0.263 e.